The summed E-state index contributed by atoms with van der Waals surface area (Å²) in [7, 11) is 0. The van der Waals surface area contributed by atoms with E-state index >= 15 is 0 Å². The quantitative estimate of drug-likeness (QED) is 0.293. The Morgan fingerprint density at radius 2 is 0.864 bits per heavy atom. The number of hydrogen-bond acceptors (Lipinski definition) is 1. The summed E-state index contributed by atoms with van der Waals surface area (Å²) in [6, 6.07) is 0. The van der Waals surface area contributed by atoms with Crippen molar-refractivity contribution in [2.75, 3.05) is 0 Å². The van der Waals surface area contributed by atoms with E-state index in [4.69, 9.17) is 5.73 Å². The largest absolute Gasteiger partial charge is 0.402 e. The lowest BCUT2D eigenvalue weighted by molar-refractivity contribution is 0.532. The third-order valence-corrected chi connectivity index (χ3v) is 4.83. The second-order valence-electron chi connectivity index (χ2n) is 7.16. The van der Waals surface area contributed by atoms with Gasteiger partial charge in [-0.1, -0.05) is 102 Å². The van der Waals surface area contributed by atoms with Crippen molar-refractivity contribution in [1.29, 1.82) is 0 Å². The summed E-state index contributed by atoms with van der Waals surface area (Å²) >= 11 is 0. The van der Waals surface area contributed by atoms with Crippen LogP contribution in [0.25, 0.3) is 0 Å². The molecule has 0 aromatic heterocycles. The van der Waals surface area contributed by atoms with Crippen molar-refractivity contribution in [2.24, 2.45) is 5.73 Å². The van der Waals surface area contributed by atoms with Crippen LogP contribution in [0.5, 0.6) is 0 Å². The maximum absolute atomic E-state index is 5.78. The van der Waals surface area contributed by atoms with Crippen LogP contribution >= 0.6 is 0 Å². The van der Waals surface area contributed by atoms with Crippen molar-refractivity contribution in [1.82, 2.24) is 0 Å². The Morgan fingerprint density at radius 3 is 1.18 bits per heavy atom. The molecule has 0 rings (SSSR count). The molecular weight excluding hydrogens is 266 g/mol. The summed E-state index contributed by atoms with van der Waals surface area (Å²) in [6.07, 6.45) is 22.7. The van der Waals surface area contributed by atoms with Crippen LogP contribution in [0.15, 0.2) is 11.3 Å². The molecule has 0 atom stereocenters. The van der Waals surface area contributed by atoms with Crippen molar-refractivity contribution in [3.05, 3.63) is 11.3 Å². The first kappa shape index (κ1) is 21.5. The number of unbranched alkanes of at least 4 members (excludes halogenated alkanes) is 14. The van der Waals surface area contributed by atoms with E-state index in [2.05, 4.69) is 13.8 Å². The standard InChI is InChI=1S/C21H43N/c1-4-5-6-7-8-9-10-11-12-13-14-15-16-17-18-19-20(2)21(3)22/h4-19,22H2,1-3H3. The molecule has 0 radical (unpaired) electrons. The summed E-state index contributed by atoms with van der Waals surface area (Å²) in [5.74, 6) is 0. The molecule has 0 heterocycles. The fourth-order valence-corrected chi connectivity index (χ4v) is 2.96. The summed E-state index contributed by atoms with van der Waals surface area (Å²) in [5, 5.41) is 0. The molecule has 0 amide bonds. The molecule has 0 saturated heterocycles. The van der Waals surface area contributed by atoms with Gasteiger partial charge in [-0.15, -0.1) is 0 Å². The van der Waals surface area contributed by atoms with E-state index in [1.807, 2.05) is 6.92 Å². The molecular formula is C21H43N. The van der Waals surface area contributed by atoms with Crippen molar-refractivity contribution >= 4 is 0 Å². The zero-order valence-corrected chi connectivity index (χ0v) is 15.9. The molecule has 0 spiro atoms. The fraction of sp³-hybridized carbons (Fsp3) is 0.905. The Labute approximate surface area is 141 Å². The molecule has 0 aliphatic carbocycles. The summed E-state index contributed by atoms with van der Waals surface area (Å²) in [6.45, 7) is 6.47. The van der Waals surface area contributed by atoms with Crippen LogP contribution in [0.3, 0.4) is 0 Å². The highest BCUT2D eigenvalue weighted by Crippen LogP contribution is 2.15. The molecule has 22 heavy (non-hydrogen) atoms. The van der Waals surface area contributed by atoms with Gasteiger partial charge in [-0.05, 0) is 26.7 Å². The molecule has 132 valence electrons. The monoisotopic (exact) mass is 309 g/mol. The third kappa shape index (κ3) is 15.9. The first-order valence-corrected chi connectivity index (χ1v) is 10.1. The van der Waals surface area contributed by atoms with Crippen LogP contribution in [0.4, 0.5) is 0 Å². The lowest BCUT2D eigenvalue weighted by Gasteiger charge is -2.05. The van der Waals surface area contributed by atoms with Crippen LogP contribution in [-0.2, 0) is 0 Å². The van der Waals surface area contributed by atoms with Gasteiger partial charge in [0.25, 0.3) is 0 Å². The minimum absolute atomic E-state index is 1.02. The van der Waals surface area contributed by atoms with Crippen molar-refractivity contribution in [3.63, 3.8) is 0 Å². The van der Waals surface area contributed by atoms with Crippen molar-refractivity contribution in [3.8, 4) is 0 Å². The number of nitrogens with two attached hydrogens (primary N) is 1. The van der Waals surface area contributed by atoms with Gasteiger partial charge < -0.3 is 5.73 Å². The predicted octanol–water partition coefficient (Wildman–Crippen LogP) is 7.50. The lowest BCUT2D eigenvalue weighted by Crippen LogP contribution is -1.95. The first-order chi connectivity index (χ1) is 10.7. The second kappa shape index (κ2) is 16.9. The van der Waals surface area contributed by atoms with Gasteiger partial charge in [0.2, 0.25) is 0 Å². The highest BCUT2D eigenvalue weighted by molar-refractivity contribution is 5.04. The van der Waals surface area contributed by atoms with Gasteiger partial charge in [-0.2, -0.15) is 0 Å². The molecule has 0 bridgehead atoms. The first-order valence-electron chi connectivity index (χ1n) is 10.1. The SMILES string of the molecule is CCCCCCCCCCCCCCCCCC(C)=C(C)N. The van der Waals surface area contributed by atoms with E-state index in [-0.39, 0.29) is 0 Å². The highest BCUT2D eigenvalue weighted by Gasteiger charge is 1.96. The van der Waals surface area contributed by atoms with E-state index in [1.54, 1.807) is 0 Å². The minimum atomic E-state index is 1.02. The van der Waals surface area contributed by atoms with Gasteiger partial charge in [0.15, 0.2) is 0 Å². The smallest absolute Gasteiger partial charge is 0.00379 e. The van der Waals surface area contributed by atoms with E-state index in [0.29, 0.717) is 0 Å². The van der Waals surface area contributed by atoms with E-state index < -0.39 is 0 Å². The average molecular weight is 310 g/mol. The van der Waals surface area contributed by atoms with Gasteiger partial charge in [0, 0.05) is 5.70 Å². The maximum Gasteiger partial charge on any atom is 0.00379 e. The molecule has 0 unspecified atom stereocenters. The summed E-state index contributed by atoms with van der Waals surface area (Å²) < 4.78 is 0. The molecule has 1 heteroatoms. The average Bonchev–Trinajstić information content (AvgIpc) is 2.50. The molecule has 0 fully saturated rings. The lowest BCUT2D eigenvalue weighted by atomic mass is 10.0. The van der Waals surface area contributed by atoms with Crippen LogP contribution in [-0.4, -0.2) is 0 Å². The minimum Gasteiger partial charge on any atom is -0.402 e. The van der Waals surface area contributed by atoms with Gasteiger partial charge in [-0.3, -0.25) is 0 Å². The Hall–Kier alpha value is -0.460. The Balaban J connectivity index is 3.07. The number of rotatable bonds is 16. The van der Waals surface area contributed by atoms with Gasteiger partial charge in [0.1, 0.15) is 0 Å². The van der Waals surface area contributed by atoms with Crippen molar-refractivity contribution < 1.29 is 0 Å². The topological polar surface area (TPSA) is 26.0 Å². The molecule has 0 aromatic carbocycles. The van der Waals surface area contributed by atoms with E-state index in [9.17, 15) is 0 Å². The molecule has 0 aliphatic rings. The molecule has 1 nitrogen and oxygen atoms in total. The van der Waals surface area contributed by atoms with Crippen LogP contribution < -0.4 is 5.73 Å². The van der Waals surface area contributed by atoms with Gasteiger partial charge in [0.05, 0.1) is 0 Å². The van der Waals surface area contributed by atoms with E-state index in [1.165, 1.54) is 108 Å². The predicted molar refractivity (Wildman–Crippen MR) is 102 cm³/mol. The molecule has 2 N–H and O–H groups in total. The fourth-order valence-electron chi connectivity index (χ4n) is 2.96. The number of allylic oxidation sites excluding steroid dienone is 2. The summed E-state index contributed by atoms with van der Waals surface area (Å²) in [4.78, 5) is 0. The van der Waals surface area contributed by atoms with Crippen molar-refractivity contribution in [2.45, 2.75) is 124 Å². The maximum atomic E-state index is 5.78. The zero-order chi connectivity index (χ0) is 16.5. The Morgan fingerprint density at radius 1 is 0.545 bits per heavy atom. The zero-order valence-electron chi connectivity index (χ0n) is 15.9. The molecule has 0 aliphatic heterocycles. The van der Waals surface area contributed by atoms with Crippen LogP contribution in [0, 0.1) is 0 Å². The van der Waals surface area contributed by atoms with E-state index in [0.717, 1.165) is 5.70 Å². The van der Waals surface area contributed by atoms with Crippen LogP contribution in [0.1, 0.15) is 124 Å². The molecule has 0 aromatic rings. The van der Waals surface area contributed by atoms with Gasteiger partial charge in [-0.25, -0.2) is 0 Å². The third-order valence-electron chi connectivity index (χ3n) is 4.83. The summed E-state index contributed by atoms with van der Waals surface area (Å²) in [5.41, 5.74) is 8.18. The molecule has 0 saturated carbocycles. The Bertz CT molecular complexity index is 251. The second-order valence-corrected chi connectivity index (χ2v) is 7.16. The normalized spacial score (nSPS) is 12.5. The number of hydrogen-bond donors (Lipinski definition) is 1. The highest BCUT2D eigenvalue weighted by atomic mass is 14.6. The van der Waals surface area contributed by atoms with Crippen LogP contribution in [0.2, 0.25) is 0 Å². The Kier molecular flexibility index (Phi) is 16.5. The van der Waals surface area contributed by atoms with Gasteiger partial charge >= 0.3 is 0 Å².